The zero-order valence-electron chi connectivity index (χ0n) is 6.27. The van der Waals surface area contributed by atoms with Gasteiger partial charge in [0.15, 0.2) is 0 Å². The topological polar surface area (TPSA) is 98.6 Å². The van der Waals surface area contributed by atoms with E-state index < -0.39 is 5.97 Å². The van der Waals surface area contributed by atoms with Crippen LogP contribution in [-0.4, -0.2) is 32.2 Å². The highest BCUT2D eigenvalue weighted by molar-refractivity contribution is 5.98. The molecule has 0 atom stereocenters. The number of oxime groups is 1. The Morgan fingerprint density at radius 2 is 2.42 bits per heavy atom. The van der Waals surface area contributed by atoms with E-state index in [4.69, 9.17) is 10.3 Å². The Hall–Kier alpha value is -1.85. The average molecular weight is 169 g/mol. The Kier molecular flexibility index (Phi) is 2.09. The van der Waals surface area contributed by atoms with Crippen LogP contribution in [0.4, 0.5) is 0 Å². The van der Waals surface area contributed by atoms with Gasteiger partial charge < -0.3 is 10.3 Å². The number of aromatic amines is 1. The molecule has 0 amide bonds. The molecule has 0 spiro atoms. The molecule has 6 heteroatoms. The second kappa shape index (κ2) is 3.04. The van der Waals surface area contributed by atoms with Crippen LogP contribution >= 0.6 is 0 Å². The van der Waals surface area contributed by atoms with Crippen molar-refractivity contribution in [1.82, 2.24) is 10.2 Å². The van der Waals surface area contributed by atoms with Crippen molar-refractivity contribution < 1.29 is 15.1 Å². The molecule has 12 heavy (non-hydrogen) atoms. The summed E-state index contributed by atoms with van der Waals surface area (Å²) in [5.41, 5.74) is 0.543. The Morgan fingerprint density at radius 3 is 2.83 bits per heavy atom. The summed E-state index contributed by atoms with van der Waals surface area (Å²) in [6.07, 6.45) is 0. The highest BCUT2D eigenvalue weighted by Gasteiger charge is 2.08. The molecule has 0 aliphatic heterocycles. The minimum Gasteiger partial charge on any atom is -0.477 e. The molecule has 0 saturated carbocycles. The van der Waals surface area contributed by atoms with Crippen molar-refractivity contribution in [3.63, 3.8) is 0 Å². The summed E-state index contributed by atoms with van der Waals surface area (Å²) < 4.78 is 0. The van der Waals surface area contributed by atoms with Gasteiger partial charge in [0.05, 0.1) is 0 Å². The third-order valence-electron chi connectivity index (χ3n) is 1.33. The number of H-pyrrole nitrogens is 1. The normalized spacial score (nSPS) is 11.6. The van der Waals surface area contributed by atoms with Gasteiger partial charge in [-0.2, -0.15) is 5.10 Å². The fraction of sp³-hybridized carbons (Fsp3) is 0.167. The van der Waals surface area contributed by atoms with Crippen LogP contribution in [0.2, 0.25) is 0 Å². The largest absolute Gasteiger partial charge is 0.477 e. The van der Waals surface area contributed by atoms with Gasteiger partial charge in [-0.3, -0.25) is 5.10 Å². The maximum atomic E-state index is 10.4. The van der Waals surface area contributed by atoms with E-state index in [9.17, 15) is 4.79 Å². The van der Waals surface area contributed by atoms with Crippen LogP contribution in [0.15, 0.2) is 11.2 Å². The van der Waals surface area contributed by atoms with E-state index in [1.165, 1.54) is 13.0 Å². The van der Waals surface area contributed by atoms with Crippen LogP contribution in [-0.2, 0) is 0 Å². The number of carbonyl (C=O) groups is 1. The van der Waals surface area contributed by atoms with E-state index in [0.717, 1.165) is 0 Å². The van der Waals surface area contributed by atoms with Gasteiger partial charge in [0, 0.05) is 6.07 Å². The fourth-order valence-corrected chi connectivity index (χ4v) is 0.668. The van der Waals surface area contributed by atoms with Crippen molar-refractivity contribution in [3.8, 4) is 0 Å². The first-order chi connectivity index (χ1) is 5.65. The van der Waals surface area contributed by atoms with Gasteiger partial charge in [0.25, 0.3) is 0 Å². The Labute approximate surface area is 67.5 Å². The van der Waals surface area contributed by atoms with Gasteiger partial charge in [-0.15, -0.1) is 0 Å². The van der Waals surface area contributed by atoms with Gasteiger partial charge in [-0.1, -0.05) is 5.16 Å². The summed E-state index contributed by atoms with van der Waals surface area (Å²) in [6.45, 7) is 1.52. The van der Waals surface area contributed by atoms with Gasteiger partial charge in [-0.25, -0.2) is 4.79 Å². The minimum absolute atomic E-state index is 0.0343. The lowest BCUT2D eigenvalue weighted by Crippen LogP contribution is -1.95. The van der Waals surface area contributed by atoms with Crippen molar-refractivity contribution in [3.05, 3.63) is 17.5 Å². The number of aromatic carboxylic acids is 1. The lowest BCUT2D eigenvalue weighted by Gasteiger charge is -1.86. The van der Waals surface area contributed by atoms with Crippen molar-refractivity contribution in [2.24, 2.45) is 5.16 Å². The van der Waals surface area contributed by atoms with E-state index in [1.54, 1.807) is 0 Å². The van der Waals surface area contributed by atoms with Gasteiger partial charge in [0.2, 0.25) is 0 Å². The van der Waals surface area contributed by atoms with Crippen LogP contribution in [0, 0.1) is 0 Å². The molecule has 0 radical (unpaired) electrons. The van der Waals surface area contributed by atoms with Gasteiger partial charge in [0.1, 0.15) is 17.1 Å². The molecule has 3 N–H and O–H groups in total. The number of nitrogens with zero attached hydrogens (tertiary/aromatic N) is 2. The summed E-state index contributed by atoms with van der Waals surface area (Å²) in [6, 6.07) is 1.29. The molecule has 1 aromatic rings. The van der Waals surface area contributed by atoms with E-state index in [2.05, 4.69) is 15.4 Å². The maximum absolute atomic E-state index is 10.4. The highest BCUT2D eigenvalue weighted by Crippen LogP contribution is 2.00. The van der Waals surface area contributed by atoms with Gasteiger partial charge in [-0.05, 0) is 6.92 Å². The predicted molar refractivity (Wildman–Crippen MR) is 39.5 cm³/mol. The smallest absolute Gasteiger partial charge is 0.353 e. The minimum atomic E-state index is -1.10. The molecule has 6 nitrogen and oxygen atoms in total. The number of rotatable bonds is 2. The van der Waals surface area contributed by atoms with E-state index >= 15 is 0 Å². The number of hydrogen-bond donors (Lipinski definition) is 3. The predicted octanol–water partition coefficient (Wildman–Crippen LogP) is 0.306. The first-order valence-electron chi connectivity index (χ1n) is 3.13. The Morgan fingerprint density at radius 1 is 1.75 bits per heavy atom. The molecule has 0 aliphatic rings. The molecule has 0 aromatic carbocycles. The molecule has 0 bridgehead atoms. The van der Waals surface area contributed by atoms with Crippen LogP contribution in [0.1, 0.15) is 23.1 Å². The maximum Gasteiger partial charge on any atom is 0.353 e. The summed E-state index contributed by atoms with van der Waals surface area (Å²) in [5.74, 6) is -1.10. The second-order valence-electron chi connectivity index (χ2n) is 2.16. The SMILES string of the molecule is CC(=NO)c1cc(C(=O)O)[nH]n1. The van der Waals surface area contributed by atoms with Crippen molar-refractivity contribution >= 4 is 11.7 Å². The van der Waals surface area contributed by atoms with E-state index in [-0.39, 0.29) is 11.4 Å². The molecule has 0 unspecified atom stereocenters. The van der Waals surface area contributed by atoms with Crippen molar-refractivity contribution in [2.75, 3.05) is 0 Å². The van der Waals surface area contributed by atoms with Crippen LogP contribution in [0.25, 0.3) is 0 Å². The van der Waals surface area contributed by atoms with Crippen LogP contribution in [0.5, 0.6) is 0 Å². The molecular weight excluding hydrogens is 162 g/mol. The summed E-state index contributed by atoms with van der Waals surface area (Å²) in [4.78, 5) is 10.4. The molecule has 0 saturated heterocycles. The third-order valence-corrected chi connectivity index (χ3v) is 1.33. The summed E-state index contributed by atoms with van der Waals surface area (Å²) in [7, 11) is 0. The zero-order chi connectivity index (χ0) is 9.14. The number of aromatic nitrogens is 2. The number of nitrogens with one attached hydrogen (secondary N) is 1. The van der Waals surface area contributed by atoms with Crippen molar-refractivity contribution in [1.29, 1.82) is 0 Å². The lowest BCUT2D eigenvalue weighted by molar-refractivity contribution is 0.0690. The zero-order valence-corrected chi connectivity index (χ0v) is 6.27. The van der Waals surface area contributed by atoms with Crippen LogP contribution in [0.3, 0.4) is 0 Å². The molecule has 1 aromatic heterocycles. The number of hydrogen-bond acceptors (Lipinski definition) is 4. The average Bonchev–Trinajstić information content (AvgIpc) is 2.51. The standard InChI is InChI=1S/C6H7N3O3/c1-3(9-12)4-2-5(6(10)11)8-7-4/h2,12H,1H3,(H,7,8)(H,10,11). The fourth-order valence-electron chi connectivity index (χ4n) is 0.668. The number of carboxylic acids is 1. The number of carboxylic acid groups (broad SMARTS) is 1. The quantitative estimate of drug-likeness (QED) is 0.337. The molecule has 1 heterocycles. The molecule has 0 aliphatic carbocycles. The lowest BCUT2D eigenvalue weighted by atomic mass is 10.3. The monoisotopic (exact) mass is 169 g/mol. The van der Waals surface area contributed by atoms with E-state index in [0.29, 0.717) is 5.69 Å². The summed E-state index contributed by atoms with van der Waals surface area (Å²) in [5, 5.41) is 25.6. The molecule has 1 rings (SSSR count). The summed E-state index contributed by atoms with van der Waals surface area (Å²) >= 11 is 0. The highest BCUT2D eigenvalue weighted by atomic mass is 16.4. The first-order valence-corrected chi connectivity index (χ1v) is 3.13. The van der Waals surface area contributed by atoms with Gasteiger partial charge >= 0.3 is 5.97 Å². The Balaban J connectivity index is 2.99. The molecule has 64 valence electrons. The van der Waals surface area contributed by atoms with Crippen LogP contribution < -0.4 is 0 Å². The Bertz CT molecular complexity index is 329. The molecular formula is C6H7N3O3. The van der Waals surface area contributed by atoms with E-state index in [1.807, 2.05) is 0 Å². The van der Waals surface area contributed by atoms with Crippen molar-refractivity contribution in [2.45, 2.75) is 6.92 Å². The molecule has 0 fully saturated rings. The first kappa shape index (κ1) is 8.25. The third kappa shape index (κ3) is 1.42. The second-order valence-corrected chi connectivity index (χ2v) is 2.16.